The number of methoxy groups -OCH3 is 1. The molecule has 3 N–H and O–H groups in total. The van der Waals surface area contributed by atoms with Crippen molar-refractivity contribution in [2.24, 2.45) is 12.8 Å². The molecule has 3 aromatic rings. The number of carbonyl (C=O) groups is 1. The van der Waals surface area contributed by atoms with Gasteiger partial charge in [0.2, 0.25) is 5.95 Å². The summed E-state index contributed by atoms with van der Waals surface area (Å²) < 4.78 is 23.2. The van der Waals surface area contributed by atoms with E-state index in [4.69, 9.17) is 10.5 Å². The molecule has 1 aromatic carbocycles. The Morgan fingerprint density at radius 3 is 2.71 bits per heavy atom. The van der Waals surface area contributed by atoms with Gasteiger partial charge in [-0.15, -0.1) is 0 Å². The largest absolute Gasteiger partial charge is 0.378 e. The van der Waals surface area contributed by atoms with Crippen LogP contribution in [0.15, 0.2) is 23.1 Å². The molecule has 31 heavy (non-hydrogen) atoms. The van der Waals surface area contributed by atoms with Crippen molar-refractivity contribution < 1.29 is 13.9 Å². The third-order valence-corrected chi connectivity index (χ3v) is 6.88. The van der Waals surface area contributed by atoms with Crippen LogP contribution < -0.4 is 16.7 Å². The van der Waals surface area contributed by atoms with Crippen LogP contribution >= 0.6 is 0 Å². The van der Waals surface area contributed by atoms with Crippen LogP contribution in [0.2, 0.25) is 0 Å². The number of hydrogen-bond donors (Lipinski definition) is 2. The Morgan fingerprint density at radius 2 is 2.06 bits per heavy atom. The third kappa shape index (κ3) is 2.71. The van der Waals surface area contributed by atoms with Crippen LogP contribution in [-0.2, 0) is 17.3 Å². The first-order valence-electron chi connectivity index (χ1n) is 10.1. The van der Waals surface area contributed by atoms with E-state index in [1.807, 2.05) is 0 Å². The number of primary amides is 1. The van der Waals surface area contributed by atoms with E-state index in [-0.39, 0.29) is 28.3 Å². The molecule has 0 unspecified atom stereocenters. The summed E-state index contributed by atoms with van der Waals surface area (Å²) in [6.07, 6.45) is 4.90. The maximum absolute atomic E-state index is 14.2. The Bertz CT molecular complexity index is 1300. The number of anilines is 2. The van der Waals surface area contributed by atoms with Crippen molar-refractivity contribution in [3.63, 3.8) is 0 Å². The lowest BCUT2D eigenvalue weighted by Gasteiger charge is -2.46. The highest BCUT2D eigenvalue weighted by atomic mass is 19.1. The maximum atomic E-state index is 14.2. The summed E-state index contributed by atoms with van der Waals surface area (Å²) in [4.78, 5) is 33.3. The lowest BCUT2D eigenvalue weighted by Crippen LogP contribution is -2.53. The molecule has 9 nitrogen and oxygen atoms in total. The Balaban J connectivity index is 1.57. The van der Waals surface area contributed by atoms with Gasteiger partial charge in [0.05, 0.1) is 22.9 Å². The van der Waals surface area contributed by atoms with Crippen molar-refractivity contribution in [2.45, 2.75) is 43.7 Å². The number of nitrogens with two attached hydrogens (primary N) is 1. The van der Waals surface area contributed by atoms with Gasteiger partial charge in [-0.05, 0) is 37.5 Å². The van der Waals surface area contributed by atoms with Gasteiger partial charge in [-0.2, -0.15) is 4.98 Å². The molecule has 1 amide bonds. The minimum atomic E-state index is -0.832. The number of imidazole rings is 1. The predicted octanol–water partition coefficient (Wildman–Crippen LogP) is 2.09. The fraction of sp³-hybridized carbons (Fsp3) is 0.429. The number of fused-ring (bicyclic) bond motifs is 2. The van der Waals surface area contributed by atoms with Crippen LogP contribution in [0.4, 0.5) is 16.0 Å². The van der Waals surface area contributed by atoms with Crippen molar-refractivity contribution in [3.05, 3.63) is 45.8 Å². The fourth-order valence-corrected chi connectivity index (χ4v) is 5.20. The highest BCUT2D eigenvalue weighted by molar-refractivity contribution is 5.94. The third-order valence-electron chi connectivity index (χ3n) is 6.88. The number of nitrogens with one attached hydrogen (secondary N) is 1. The molecule has 162 valence electrons. The van der Waals surface area contributed by atoms with E-state index >= 15 is 0 Å². The van der Waals surface area contributed by atoms with Crippen molar-refractivity contribution in [1.29, 1.82) is 0 Å². The number of nitrogens with zero attached hydrogens (tertiary/aromatic N) is 4. The van der Waals surface area contributed by atoms with E-state index in [0.717, 1.165) is 25.7 Å². The molecule has 10 heteroatoms. The Hall–Kier alpha value is -3.27. The number of hydrogen-bond acceptors (Lipinski definition) is 6. The van der Waals surface area contributed by atoms with Crippen molar-refractivity contribution in [3.8, 4) is 0 Å². The van der Waals surface area contributed by atoms with Crippen LogP contribution in [0, 0.1) is 12.7 Å². The summed E-state index contributed by atoms with van der Waals surface area (Å²) in [5.74, 6) is -1.33. The van der Waals surface area contributed by atoms with Gasteiger partial charge < -0.3 is 15.8 Å². The zero-order valence-corrected chi connectivity index (χ0v) is 17.5. The highest BCUT2D eigenvalue weighted by Crippen LogP contribution is 2.61. The zero-order valence-electron chi connectivity index (χ0n) is 17.5. The predicted molar refractivity (Wildman–Crippen MR) is 112 cm³/mol. The Morgan fingerprint density at radius 1 is 1.32 bits per heavy atom. The zero-order chi connectivity index (χ0) is 22.1. The van der Waals surface area contributed by atoms with Crippen LogP contribution in [-0.4, -0.2) is 37.7 Å². The molecular weight excluding hydrogens is 403 g/mol. The number of halogens is 1. The Labute approximate surface area is 177 Å². The van der Waals surface area contributed by atoms with Gasteiger partial charge in [0.25, 0.3) is 5.91 Å². The van der Waals surface area contributed by atoms with Gasteiger partial charge in [-0.1, -0.05) is 0 Å². The summed E-state index contributed by atoms with van der Waals surface area (Å²) in [6.45, 7) is 1.72. The fourth-order valence-electron chi connectivity index (χ4n) is 5.20. The van der Waals surface area contributed by atoms with E-state index in [9.17, 15) is 14.0 Å². The minimum Gasteiger partial charge on any atom is -0.378 e. The molecule has 3 aliphatic carbocycles. The second-order valence-electron chi connectivity index (χ2n) is 8.68. The SMILES string of the molecule is COC12CCC(n3c(=O)n(C)c4cnc(Nc5cc(F)c(C(N)=O)cc5C)nc43)(C1)C2. The van der Waals surface area contributed by atoms with Gasteiger partial charge in [0.15, 0.2) is 5.65 Å². The minimum absolute atomic E-state index is 0.138. The topological polar surface area (TPSA) is 117 Å². The van der Waals surface area contributed by atoms with E-state index in [1.54, 1.807) is 36.4 Å². The summed E-state index contributed by atoms with van der Waals surface area (Å²) in [5, 5.41) is 3.00. The van der Waals surface area contributed by atoms with Crippen molar-refractivity contribution in [2.75, 3.05) is 12.4 Å². The monoisotopic (exact) mass is 426 g/mol. The van der Waals surface area contributed by atoms with Crippen LogP contribution in [0.3, 0.4) is 0 Å². The van der Waals surface area contributed by atoms with E-state index in [1.165, 1.54) is 12.1 Å². The van der Waals surface area contributed by atoms with Gasteiger partial charge in [0, 0.05) is 32.7 Å². The molecule has 0 spiro atoms. The van der Waals surface area contributed by atoms with Gasteiger partial charge in [-0.3, -0.25) is 13.9 Å². The molecule has 0 aliphatic heterocycles. The molecule has 3 aliphatic rings. The normalized spacial score (nSPS) is 24.4. The maximum Gasteiger partial charge on any atom is 0.330 e. The number of aromatic nitrogens is 4. The van der Waals surface area contributed by atoms with Crippen molar-refractivity contribution in [1.82, 2.24) is 19.1 Å². The van der Waals surface area contributed by atoms with Gasteiger partial charge in [0.1, 0.15) is 11.3 Å². The molecule has 6 rings (SSSR count). The first-order chi connectivity index (χ1) is 14.7. The molecular formula is C21H23FN6O3. The summed E-state index contributed by atoms with van der Waals surface area (Å²) in [7, 11) is 3.42. The number of aryl methyl sites for hydroxylation is 2. The lowest BCUT2D eigenvalue weighted by molar-refractivity contribution is -0.0906. The quantitative estimate of drug-likeness (QED) is 0.645. The molecule has 3 saturated carbocycles. The second kappa shape index (κ2) is 6.36. The first-order valence-corrected chi connectivity index (χ1v) is 10.1. The molecule has 3 fully saturated rings. The molecule has 0 radical (unpaired) electrons. The van der Waals surface area contributed by atoms with E-state index in [2.05, 4.69) is 15.3 Å². The molecule has 0 atom stereocenters. The molecule has 0 saturated heterocycles. The first kappa shape index (κ1) is 19.7. The standard InChI is InChI=1S/C21H23FN6O3/c1-11-6-12(16(23)29)13(22)7-14(11)25-18-24-8-15-17(26-18)28(19(30)27(15)2)20-4-5-21(9-20,10-20)31-3/h6-8H,4-5,9-10H2,1-3H3,(H2,23,29)(H,24,25,26). The number of amides is 1. The summed E-state index contributed by atoms with van der Waals surface area (Å²) in [5.41, 5.74) is 6.62. The van der Waals surface area contributed by atoms with E-state index in [0.29, 0.717) is 22.4 Å². The number of benzene rings is 1. The van der Waals surface area contributed by atoms with Crippen LogP contribution in [0.25, 0.3) is 11.2 Å². The van der Waals surface area contributed by atoms with Crippen molar-refractivity contribution >= 4 is 28.7 Å². The number of ether oxygens (including phenoxy) is 1. The average molecular weight is 426 g/mol. The second-order valence-corrected chi connectivity index (χ2v) is 8.68. The van der Waals surface area contributed by atoms with E-state index < -0.39 is 11.7 Å². The molecule has 2 aromatic heterocycles. The van der Waals surface area contributed by atoms with Gasteiger partial charge in [-0.25, -0.2) is 14.2 Å². The average Bonchev–Trinajstić information content (AvgIpc) is 3.33. The van der Waals surface area contributed by atoms with Gasteiger partial charge >= 0.3 is 5.69 Å². The summed E-state index contributed by atoms with van der Waals surface area (Å²) in [6, 6.07) is 2.57. The Kier molecular flexibility index (Phi) is 4.04. The van der Waals surface area contributed by atoms with Crippen LogP contribution in [0.5, 0.6) is 0 Å². The summed E-state index contributed by atoms with van der Waals surface area (Å²) >= 11 is 0. The highest BCUT2D eigenvalue weighted by Gasteiger charge is 2.63. The number of carbonyl (C=O) groups excluding carboxylic acids is 1. The smallest absolute Gasteiger partial charge is 0.330 e. The molecule has 2 heterocycles. The number of rotatable bonds is 5. The molecule has 2 bridgehead atoms. The lowest BCUT2D eigenvalue weighted by atomic mass is 9.73. The van der Waals surface area contributed by atoms with Crippen LogP contribution in [0.1, 0.15) is 41.6 Å².